The van der Waals surface area contributed by atoms with E-state index >= 15 is 0 Å². The number of nitrogens with two attached hydrogens (primary N) is 6. The molecule has 0 aliphatic carbocycles. The van der Waals surface area contributed by atoms with Gasteiger partial charge in [0.25, 0.3) is 0 Å². The van der Waals surface area contributed by atoms with E-state index in [-0.39, 0.29) is 31.6 Å². The van der Waals surface area contributed by atoms with Crippen LogP contribution in [0.25, 0.3) is 0 Å². The third-order valence-corrected chi connectivity index (χ3v) is 7.42. The van der Waals surface area contributed by atoms with E-state index in [2.05, 4.69) is 32.1 Å². The van der Waals surface area contributed by atoms with Crippen molar-refractivity contribution in [3.05, 3.63) is 71.3 Å². The smallest absolute Gasteiger partial charge is 0.242 e. The molecule has 3 amide bonds. The number of amides is 3. The zero-order chi connectivity index (χ0) is 37.1. The summed E-state index contributed by atoms with van der Waals surface area (Å²) in [4.78, 5) is 65.0. The Morgan fingerprint density at radius 1 is 0.680 bits per heavy atom. The number of carbonyl (C=O) groups is 5. The molecule has 0 fully saturated rings. The Labute approximate surface area is 291 Å². The minimum Gasteiger partial charge on any atom is -0.384 e. The van der Waals surface area contributed by atoms with Crippen LogP contribution in [0.5, 0.6) is 0 Å². The zero-order valence-electron chi connectivity index (χ0n) is 28.0. The van der Waals surface area contributed by atoms with E-state index < -0.39 is 66.4 Å². The Morgan fingerprint density at radius 2 is 1.24 bits per heavy atom. The lowest BCUT2D eigenvalue weighted by Crippen LogP contribution is -2.59. The molecule has 0 unspecified atom stereocenters. The summed E-state index contributed by atoms with van der Waals surface area (Å²) < 4.78 is 0. The van der Waals surface area contributed by atoms with Crippen molar-refractivity contribution in [3.8, 4) is 0 Å². The number of nitrogen functional groups attached to an aromatic ring is 1. The molecule has 0 spiro atoms. The van der Waals surface area contributed by atoms with Crippen molar-refractivity contribution in [2.45, 2.75) is 75.8 Å². The average molecular weight is 698 g/mol. The number of hydrogen-bond donors (Lipinski definition) is 13. The lowest BCUT2D eigenvalue weighted by Gasteiger charge is -2.25. The lowest BCUT2D eigenvalue weighted by atomic mass is 9.99. The first-order chi connectivity index (χ1) is 23.8. The number of Topliss-reactive ketones (excluding diaryl/α,β-unsaturated/α-hetero) is 2. The van der Waals surface area contributed by atoms with E-state index in [4.69, 9.17) is 39.8 Å². The van der Waals surface area contributed by atoms with Crippen molar-refractivity contribution in [2.24, 2.45) is 34.4 Å². The predicted octanol–water partition coefficient (Wildman–Crippen LogP) is -3.70. The monoisotopic (exact) mass is 697 g/mol. The highest BCUT2D eigenvalue weighted by Gasteiger charge is 2.30. The van der Waals surface area contributed by atoms with Crippen molar-refractivity contribution in [3.63, 3.8) is 0 Å². The fourth-order valence-corrected chi connectivity index (χ4v) is 4.75. The summed E-state index contributed by atoms with van der Waals surface area (Å²) in [6.45, 7) is 0.798. The minimum absolute atomic E-state index is 0.0920. The molecule has 2 aromatic rings. The van der Waals surface area contributed by atoms with Crippen molar-refractivity contribution < 1.29 is 24.0 Å². The fourth-order valence-electron chi connectivity index (χ4n) is 4.75. The van der Waals surface area contributed by atoms with Gasteiger partial charge in [-0.25, -0.2) is 10.9 Å². The summed E-state index contributed by atoms with van der Waals surface area (Å²) in [5.41, 5.74) is 40.4. The Hall–Kier alpha value is -4.66. The summed E-state index contributed by atoms with van der Waals surface area (Å²) in [7, 11) is 0. The molecule has 0 bridgehead atoms. The van der Waals surface area contributed by atoms with Crippen LogP contribution >= 0.6 is 0 Å². The number of hydrogen-bond acceptors (Lipinski definition) is 14. The third kappa shape index (κ3) is 16.2. The van der Waals surface area contributed by atoms with Crippen molar-refractivity contribution >= 4 is 35.1 Å². The fraction of sp³-hybridized carbons (Fsp3) is 0.438. The molecule has 274 valence electrons. The number of rotatable bonds is 25. The summed E-state index contributed by atoms with van der Waals surface area (Å²) in [5, 5.41) is 18.6. The number of hydrazine groups is 1. The Bertz CT molecular complexity index is 1410. The summed E-state index contributed by atoms with van der Waals surface area (Å²) in [6.07, 6.45) is -1.10. The number of nitrogens with one attached hydrogen (secondary N) is 7. The minimum atomic E-state index is -1.33. The molecule has 0 radical (unpaired) electrons. The number of ketones is 2. The quantitative estimate of drug-likeness (QED) is 0.0119. The van der Waals surface area contributed by atoms with Crippen LogP contribution in [0.4, 0.5) is 0 Å². The maximum absolute atomic E-state index is 13.5. The second kappa shape index (κ2) is 22.1. The van der Waals surface area contributed by atoms with Gasteiger partial charge in [0.15, 0.2) is 0 Å². The highest BCUT2D eigenvalue weighted by molar-refractivity contribution is 6.39. The molecule has 0 saturated carbocycles. The van der Waals surface area contributed by atoms with Gasteiger partial charge in [0, 0.05) is 18.5 Å². The van der Waals surface area contributed by atoms with Crippen LogP contribution in [-0.2, 0) is 36.9 Å². The maximum Gasteiger partial charge on any atom is 0.242 e. The molecular formula is C32H51N13O5. The van der Waals surface area contributed by atoms with Gasteiger partial charge in [-0.15, -0.1) is 0 Å². The average Bonchev–Trinajstić information content (AvgIpc) is 3.07. The molecule has 0 aliphatic heterocycles. The van der Waals surface area contributed by atoms with Gasteiger partial charge in [-0.1, -0.05) is 54.6 Å². The molecule has 18 nitrogen and oxygen atoms in total. The van der Waals surface area contributed by atoms with Crippen LogP contribution in [0, 0.1) is 5.41 Å². The van der Waals surface area contributed by atoms with Gasteiger partial charge in [0.05, 0.1) is 12.5 Å². The van der Waals surface area contributed by atoms with Gasteiger partial charge in [-0.2, -0.15) is 0 Å². The third-order valence-electron chi connectivity index (χ3n) is 7.42. The predicted molar refractivity (Wildman–Crippen MR) is 188 cm³/mol. The van der Waals surface area contributed by atoms with Crippen LogP contribution in [0.2, 0.25) is 0 Å². The second-order valence-corrected chi connectivity index (χ2v) is 11.6. The first kappa shape index (κ1) is 41.5. The van der Waals surface area contributed by atoms with E-state index in [1.807, 2.05) is 0 Å². The van der Waals surface area contributed by atoms with E-state index in [9.17, 15) is 24.0 Å². The number of primary amides is 1. The summed E-state index contributed by atoms with van der Waals surface area (Å²) in [5.74, 6) is -3.60. The van der Waals surface area contributed by atoms with Gasteiger partial charge in [-0.05, 0) is 49.9 Å². The van der Waals surface area contributed by atoms with Crippen LogP contribution in [0.1, 0.15) is 48.8 Å². The van der Waals surface area contributed by atoms with Gasteiger partial charge in [0.2, 0.25) is 29.3 Å². The number of amidine groups is 1. The van der Waals surface area contributed by atoms with Crippen molar-refractivity contribution in [1.82, 2.24) is 32.1 Å². The standard InChI is InChI=1S/C32H51N13O5/c33-26(47)17-24(45-44-22(8-4-14-40-31(36)37)27(48)25(46)16-19-6-2-1-3-7-19)30(50)43-23(9-5-15-41-32(38)39)29(49)42-18-20-10-12-21(13-11-20)28(34)35/h1-3,6-7,10-13,22-24,31-32,40-41,44-45H,4-5,8-9,14-18,36-39H2,(H2,33,47)(H3,34,35)(H,42,49)(H,43,50)/t22-,23-,24-/m0/s1. The topological polar surface area (TPSA) is 337 Å². The lowest BCUT2D eigenvalue weighted by molar-refractivity contribution is -0.138. The van der Waals surface area contributed by atoms with E-state index in [0.717, 1.165) is 5.56 Å². The highest BCUT2D eigenvalue weighted by Crippen LogP contribution is 2.07. The Morgan fingerprint density at radius 3 is 1.78 bits per heavy atom. The van der Waals surface area contributed by atoms with E-state index in [0.29, 0.717) is 37.1 Å². The second-order valence-electron chi connectivity index (χ2n) is 11.6. The first-order valence-corrected chi connectivity index (χ1v) is 16.2. The van der Waals surface area contributed by atoms with Crippen LogP contribution in [0.3, 0.4) is 0 Å². The Kier molecular flexibility index (Phi) is 18.4. The zero-order valence-corrected chi connectivity index (χ0v) is 28.0. The molecule has 0 heterocycles. The summed E-state index contributed by atoms with van der Waals surface area (Å²) >= 11 is 0. The molecule has 0 aromatic heterocycles. The van der Waals surface area contributed by atoms with Crippen molar-refractivity contribution in [1.29, 1.82) is 5.41 Å². The SMILES string of the molecule is N=C(N)c1ccc(CNC(=O)[C@H](CCCNC(N)N)NC(=O)[C@H](CC(N)=O)NN[C@@H](CCCNC(N)N)C(=O)C(=O)Cc2ccccc2)cc1. The van der Waals surface area contributed by atoms with Crippen LogP contribution < -0.4 is 66.5 Å². The van der Waals surface area contributed by atoms with Gasteiger partial charge >= 0.3 is 0 Å². The van der Waals surface area contributed by atoms with Gasteiger partial charge < -0.3 is 45.0 Å². The maximum atomic E-state index is 13.5. The van der Waals surface area contributed by atoms with Crippen LogP contribution in [0.15, 0.2) is 54.6 Å². The highest BCUT2D eigenvalue weighted by atomic mass is 16.2. The molecule has 2 aromatic carbocycles. The van der Waals surface area contributed by atoms with Gasteiger partial charge in [-0.3, -0.25) is 40.0 Å². The molecule has 0 saturated heterocycles. The van der Waals surface area contributed by atoms with Crippen molar-refractivity contribution in [2.75, 3.05) is 13.1 Å². The molecular weight excluding hydrogens is 646 g/mol. The van der Waals surface area contributed by atoms with E-state index in [1.54, 1.807) is 54.6 Å². The first-order valence-electron chi connectivity index (χ1n) is 16.2. The normalized spacial score (nSPS) is 13.0. The van der Waals surface area contributed by atoms with Gasteiger partial charge in [0.1, 0.15) is 30.5 Å². The number of carbonyl (C=O) groups excluding carboxylic acids is 5. The molecule has 50 heavy (non-hydrogen) atoms. The molecule has 2 rings (SSSR count). The molecule has 3 atom stereocenters. The summed E-state index contributed by atoms with van der Waals surface area (Å²) in [6, 6.07) is 12.0. The largest absolute Gasteiger partial charge is 0.384 e. The van der Waals surface area contributed by atoms with Crippen LogP contribution in [-0.4, -0.2) is 78.9 Å². The molecule has 18 heteroatoms. The number of benzene rings is 2. The molecule has 19 N–H and O–H groups in total. The van der Waals surface area contributed by atoms with E-state index in [1.165, 1.54) is 0 Å². The molecule has 0 aliphatic rings. The Balaban J connectivity index is 2.17.